The van der Waals surface area contributed by atoms with Gasteiger partial charge < -0.3 is 19.3 Å². The lowest BCUT2D eigenvalue weighted by Crippen LogP contribution is -2.31. The minimum absolute atomic E-state index is 0.107. The lowest BCUT2D eigenvalue weighted by Gasteiger charge is -2.25. The van der Waals surface area contributed by atoms with E-state index in [1.807, 2.05) is 48.0 Å². The van der Waals surface area contributed by atoms with Gasteiger partial charge in [-0.1, -0.05) is 49.4 Å². The first-order valence-electron chi connectivity index (χ1n) is 11.1. The second-order valence-corrected chi connectivity index (χ2v) is 7.93. The first-order chi connectivity index (χ1) is 16.1. The van der Waals surface area contributed by atoms with E-state index in [9.17, 15) is 14.7 Å². The van der Waals surface area contributed by atoms with Crippen molar-refractivity contribution in [2.45, 2.75) is 32.4 Å². The van der Waals surface area contributed by atoms with Crippen LogP contribution in [0, 0.1) is 0 Å². The number of rotatable bonds is 9. The Bertz CT molecular complexity index is 1120. The van der Waals surface area contributed by atoms with Crippen molar-refractivity contribution < 1.29 is 19.4 Å². The summed E-state index contributed by atoms with van der Waals surface area (Å²) in [5.41, 5.74) is 1.36. The first kappa shape index (κ1) is 22.3. The van der Waals surface area contributed by atoms with Gasteiger partial charge in [0.1, 0.15) is 11.5 Å². The van der Waals surface area contributed by atoms with Crippen LogP contribution in [0.5, 0.6) is 5.75 Å². The van der Waals surface area contributed by atoms with Gasteiger partial charge in [-0.15, -0.1) is 0 Å². The quantitative estimate of drug-likeness (QED) is 0.303. The molecule has 0 saturated carbocycles. The van der Waals surface area contributed by atoms with Crippen LogP contribution in [0.4, 0.5) is 0 Å². The van der Waals surface area contributed by atoms with Crippen molar-refractivity contribution in [1.82, 2.24) is 14.5 Å². The summed E-state index contributed by atoms with van der Waals surface area (Å²) in [4.78, 5) is 31.7. The third-order valence-electron chi connectivity index (χ3n) is 5.63. The fourth-order valence-electron chi connectivity index (χ4n) is 4.02. The standard InChI is InChI=1S/C26H27N3O4/c1-2-17-33-21-11-9-19(10-12-21)23-22(24(30)20-7-4-3-5-8-20)25(31)26(32)29(23)15-6-14-28-16-13-27-18-28/h3-5,7-13,16,18,23,30H,2,6,14-15,17H2,1H3/t23-/m1/s1. The number of hydrogen-bond donors (Lipinski definition) is 1. The van der Waals surface area contributed by atoms with Crippen LogP contribution in [0.25, 0.3) is 5.76 Å². The van der Waals surface area contributed by atoms with E-state index in [0.29, 0.717) is 31.7 Å². The fourth-order valence-corrected chi connectivity index (χ4v) is 4.02. The molecule has 33 heavy (non-hydrogen) atoms. The van der Waals surface area contributed by atoms with Gasteiger partial charge in [0, 0.05) is 31.0 Å². The van der Waals surface area contributed by atoms with Crippen molar-refractivity contribution in [3.63, 3.8) is 0 Å². The Labute approximate surface area is 192 Å². The summed E-state index contributed by atoms with van der Waals surface area (Å²) in [5.74, 6) is -0.715. The lowest BCUT2D eigenvalue weighted by atomic mass is 9.95. The van der Waals surface area contributed by atoms with Crippen LogP contribution in [0.15, 0.2) is 78.9 Å². The number of carbonyl (C=O) groups excluding carboxylic acids is 2. The molecule has 1 N–H and O–H groups in total. The Morgan fingerprint density at radius 3 is 2.48 bits per heavy atom. The summed E-state index contributed by atoms with van der Waals surface area (Å²) in [6.45, 7) is 3.68. The number of imidazole rings is 1. The molecule has 1 amide bonds. The molecule has 0 bridgehead atoms. The zero-order valence-corrected chi connectivity index (χ0v) is 18.6. The molecule has 7 heteroatoms. The van der Waals surface area contributed by atoms with Gasteiger partial charge >= 0.3 is 0 Å². The third-order valence-corrected chi connectivity index (χ3v) is 5.63. The molecule has 0 unspecified atom stereocenters. The minimum Gasteiger partial charge on any atom is -0.507 e. The highest BCUT2D eigenvalue weighted by Crippen LogP contribution is 2.39. The summed E-state index contributed by atoms with van der Waals surface area (Å²) in [5, 5.41) is 11.0. The maximum atomic E-state index is 13.1. The van der Waals surface area contributed by atoms with E-state index in [0.717, 1.165) is 17.7 Å². The van der Waals surface area contributed by atoms with Crippen LogP contribution >= 0.6 is 0 Å². The summed E-state index contributed by atoms with van der Waals surface area (Å²) >= 11 is 0. The zero-order valence-electron chi connectivity index (χ0n) is 18.6. The molecule has 3 aromatic rings. The van der Waals surface area contributed by atoms with Crippen molar-refractivity contribution in [2.24, 2.45) is 0 Å². The van der Waals surface area contributed by atoms with E-state index >= 15 is 0 Å². The number of amides is 1. The number of ketones is 1. The van der Waals surface area contributed by atoms with Crippen LogP contribution < -0.4 is 4.74 Å². The Balaban J connectivity index is 1.68. The molecule has 0 radical (unpaired) electrons. The van der Waals surface area contributed by atoms with Crippen molar-refractivity contribution in [3.8, 4) is 5.75 Å². The van der Waals surface area contributed by atoms with Crippen molar-refractivity contribution in [2.75, 3.05) is 13.2 Å². The van der Waals surface area contributed by atoms with Gasteiger partial charge in [0.2, 0.25) is 0 Å². The van der Waals surface area contributed by atoms with Crippen LogP contribution in [0.3, 0.4) is 0 Å². The summed E-state index contributed by atoms with van der Waals surface area (Å²) < 4.78 is 7.60. The van der Waals surface area contributed by atoms with Gasteiger partial charge in [-0.2, -0.15) is 0 Å². The predicted molar refractivity (Wildman–Crippen MR) is 125 cm³/mol. The molecule has 0 aliphatic carbocycles. The molecular weight excluding hydrogens is 418 g/mol. The largest absolute Gasteiger partial charge is 0.507 e. The molecule has 4 rings (SSSR count). The number of aliphatic hydroxyl groups is 1. The van der Waals surface area contributed by atoms with Crippen LogP contribution in [-0.2, 0) is 16.1 Å². The maximum Gasteiger partial charge on any atom is 0.295 e. The molecule has 1 atom stereocenters. The smallest absolute Gasteiger partial charge is 0.295 e. The SMILES string of the molecule is CCCOc1ccc([C@@H]2C(=C(O)c3ccccc3)C(=O)C(=O)N2CCCn2ccnc2)cc1. The van der Waals surface area contributed by atoms with Gasteiger partial charge in [0.25, 0.3) is 11.7 Å². The van der Waals surface area contributed by atoms with Gasteiger partial charge in [-0.3, -0.25) is 9.59 Å². The van der Waals surface area contributed by atoms with Crippen molar-refractivity contribution >= 4 is 17.4 Å². The number of benzene rings is 2. The third kappa shape index (κ3) is 4.82. The van der Waals surface area contributed by atoms with Crippen LogP contribution in [0.1, 0.15) is 36.9 Å². The molecule has 0 spiro atoms. The fraction of sp³-hybridized carbons (Fsp3) is 0.269. The van der Waals surface area contributed by atoms with Gasteiger partial charge in [0.05, 0.1) is 24.5 Å². The minimum atomic E-state index is -0.673. The Morgan fingerprint density at radius 1 is 1.06 bits per heavy atom. The van der Waals surface area contributed by atoms with E-state index in [1.54, 1.807) is 41.7 Å². The zero-order chi connectivity index (χ0) is 23.2. The Morgan fingerprint density at radius 2 is 1.82 bits per heavy atom. The monoisotopic (exact) mass is 445 g/mol. The van der Waals surface area contributed by atoms with Gasteiger partial charge in [-0.25, -0.2) is 4.98 Å². The summed E-state index contributed by atoms with van der Waals surface area (Å²) in [7, 11) is 0. The van der Waals surface area contributed by atoms with Gasteiger partial charge in [0.15, 0.2) is 0 Å². The summed E-state index contributed by atoms with van der Waals surface area (Å²) in [6.07, 6.45) is 6.82. The highest BCUT2D eigenvalue weighted by Gasteiger charge is 2.45. The molecule has 1 aliphatic rings. The number of aromatic nitrogens is 2. The van der Waals surface area contributed by atoms with Gasteiger partial charge in [-0.05, 0) is 30.5 Å². The Kier molecular flexibility index (Phi) is 6.88. The number of Topliss-reactive ketones (excluding diaryl/α,β-unsaturated/α-hetero) is 1. The molecule has 7 nitrogen and oxygen atoms in total. The average molecular weight is 446 g/mol. The average Bonchev–Trinajstić information content (AvgIpc) is 3.45. The molecule has 1 aliphatic heterocycles. The number of carbonyl (C=O) groups is 2. The van der Waals surface area contributed by atoms with Crippen molar-refractivity contribution in [3.05, 3.63) is 90.0 Å². The molecular formula is C26H27N3O4. The normalized spacial score (nSPS) is 17.5. The number of ether oxygens (including phenoxy) is 1. The number of nitrogens with zero attached hydrogens (tertiary/aromatic N) is 3. The van der Waals surface area contributed by atoms with Crippen LogP contribution in [0.2, 0.25) is 0 Å². The number of aliphatic hydroxyl groups excluding tert-OH is 1. The number of likely N-dealkylation sites (tertiary alicyclic amines) is 1. The molecule has 2 aromatic carbocycles. The molecule has 2 heterocycles. The van der Waals surface area contributed by atoms with Crippen molar-refractivity contribution in [1.29, 1.82) is 0 Å². The van der Waals surface area contributed by atoms with E-state index < -0.39 is 17.7 Å². The second kappa shape index (κ2) is 10.2. The summed E-state index contributed by atoms with van der Waals surface area (Å²) in [6, 6.07) is 15.5. The van der Waals surface area contributed by atoms with E-state index in [-0.39, 0.29) is 11.3 Å². The first-order valence-corrected chi connectivity index (χ1v) is 11.1. The van der Waals surface area contributed by atoms with E-state index in [1.165, 1.54) is 0 Å². The molecule has 170 valence electrons. The van der Waals surface area contributed by atoms with Crippen LogP contribution in [-0.4, -0.2) is 44.4 Å². The highest BCUT2D eigenvalue weighted by molar-refractivity contribution is 6.46. The predicted octanol–water partition coefficient (Wildman–Crippen LogP) is 4.18. The number of aryl methyl sites for hydroxylation is 1. The highest BCUT2D eigenvalue weighted by atomic mass is 16.5. The van der Waals surface area contributed by atoms with E-state index in [2.05, 4.69) is 4.98 Å². The lowest BCUT2D eigenvalue weighted by molar-refractivity contribution is -0.139. The molecule has 1 saturated heterocycles. The second-order valence-electron chi connectivity index (χ2n) is 7.93. The number of hydrogen-bond acceptors (Lipinski definition) is 5. The Hall–Kier alpha value is -3.87. The molecule has 1 aromatic heterocycles. The topological polar surface area (TPSA) is 84.7 Å². The maximum absolute atomic E-state index is 13.1. The molecule has 1 fully saturated rings. The van der Waals surface area contributed by atoms with E-state index in [4.69, 9.17) is 4.74 Å².